The second-order valence-corrected chi connectivity index (χ2v) is 6.60. The molecule has 4 heteroatoms. The number of carbonyl (C=O) groups excluding carboxylic acids is 1. The van der Waals surface area contributed by atoms with Crippen LogP contribution in [0.5, 0.6) is 5.75 Å². The molecule has 0 bridgehead atoms. The second-order valence-electron chi connectivity index (χ2n) is 5.75. The quantitative estimate of drug-likeness (QED) is 0.777. The van der Waals surface area contributed by atoms with Crippen molar-refractivity contribution >= 4 is 22.2 Å². The topological polar surface area (TPSA) is 35.5 Å². The monoisotopic (exact) mass is 338 g/mol. The number of benzene rings is 1. The first-order chi connectivity index (χ1) is 9.72. The maximum Gasteiger partial charge on any atom is 0.153 e. The summed E-state index contributed by atoms with van der Waals surface area (Å²) < 4.78 is 13.0. The van der Waals surface area contributed by atoms with Gasteiger partial charge >= 0.3 is 0 Å². The molecule has 3 nitrogen and oxygen atoms in total. The van der Waals surface area contributed by atoms with Gasteiger partial charge in [0.05, 0.1) is 22.2 Å². The minimum Gasteiger partial charge on any atom is -0.488 e. The average molecular weight is 339 g/mol. The molecule has 0 aromatic heterocycles. The number of hydrogen-bond acceptors (Lipinski definition) is 3. The van der Waals surface area contributed by atoms with Gasteiger partial charge in [0.25, 0.3) is 0 Å². The molecule has 1 aromatic rings. The summed E-state index contributed by atoms with van der Waals surface area (Å²) in [5, 5.41) is 0. The van der Waals surface area contributed by atoms with Crippen molar-refractivity contribution in [1.29, 1.82) is 0 Å². The van der Waals surface area contributed by atoms with Gasteiger partial charge in [-0.1, -0.05) is 18.9 Å². The molecule has 1 aromatic carbocycles. The van der Waals surface area contributed by atoms with Gasteiger partial charge in [-0.3, -0.25) is 4.79 Å². The van der Waals surface area contributed by atoms with Crippen LogP contribution in [0.15, 0.2) is 22.7 Å². The van der Waals surface area contributed by atoms with Crippen molar-refractivity contribution < 1.29 is 14.3 Å². The van der Waals surface area contributed by atoms with Gasteiger partial charge in [-0.15, -0.1) is 0 Å². The van der Waals surface area contributed by atoms with E-state index in [1.165, 1.54) is 12.8 Å². The Hall–Kier alpha value is -0.870. The maximum atomic E-state index is 11.1. The lowest BCUT2D eigenvalue weighted by molar-refractivity contribution is -0.108. The highest BCUT2D eigenvalue weighted by atomic mass is 79.9. The Morgan fingerprint density at radius 1 is 1.35 bits per heavy atom. The second kappa shape index (κ2) is 5.86. The predicted molar refractivity (Wildman–Crippen MR) is 80.3 cm³/mol. The zero-order valence-corrected chi connectivity index (χ0v) is 13.0. The lowest BCUT2D eigenvalue weighted by Gasteiger charge is -2.38. The van der Waals surface area contributed by atoms with E-state index in [0.717, 1.165) is 43.0 Å². The molecule has 1 heterocycles. The molecule has 1 unspecified atom stereocenters. The largest absolute Gasteiger partial charge is 0.488 e. The maximum absolute atomic E-state index is 11.1. The first kappa shape index (κ1) is 14.1. The Labute approximate surface area is 127 Å². The first-order valence-electron chi connectivity index (χ1n) is 7.27. The third kappa shape index (κ3) is 2.77. The van der Waals surface area contributed by atoms with Crippen LogP contribution in [0.25, 0.3) is 0 Å². The van der Waals surface area contributed by atoms with Gasteiger partial charge in [0.1, 0.15) is 11.9 Å². The van der Waals surface area contributed by atoms with Crippen LogP contribution in [0.2, 0.25) is 0 Å². The summed E-state index contributed by atoms with van der Waals surface area (Å²) in [5.74, 6) is 0.669. The zero-order chi connectivity index (χ0) is 14.0. The van der Waals surface area contributed by atoms with Crippen molar-refractivity contribution in [3.63, 3.8) is 0 Å². The smallest absolute Gasteiger partial charge is 0.153 e. The highest BCUT2D eigenvalue weighted by Gasteiger charge is 2.40. The minimum atomic E-state index is 0.0332. The number of hydrogen-bond donors (Lipinski definition) is 0. The van der Waals surface area contributed by atoms with Crippen LogP contribution in [0, 0.1) is 0 Å². The molecule has 1 spiro atoms. The summed E-state index contributed by atoms with van der Waals surface area (Å²) in [6.45, 7) is 0.755. The first-order valence-corrected chi connectivity index (χ1v) is 8.06. The van der Waals surface area contributed by atoms with E-state index in [4.69, 9.17) is 9.47 Å². The summed E-state index contributed by atoms with van der Waals surface area (Å²) in [6.07, 6.45) is 7.60. The predicted octanol–water partition coefficient (Wildman–Crippen LogP) is 4.13. The van der Waals surface area contributed by atoms with Crippen LogP contribution in [0.3, 0.4) is 0 Å². The van der Waals surface area contributed by atoms with Crippen molar-refractivity contribution in [3.05, 3.63) is 28.2 Å². The molecule has 2 aliphatic rings. The van der Waals surface area contributed by atoms with E-state index in [2.05, 4.69) is 15.9 Å². The molecule has 20 heavy (non-hydrogen) atoms. The zero-order valence-electron chi connectivity index (χ0n) is 11.4. The molecule has 1 saturated heterocycles. The molecule has 1 aliphatic carbocycles. The van der Waals surface area contributed by atoms with E-state index in [9.17, 15) is 4.79 Å². The van der Waals surface area contributed by atoms with Crippen molar-refractivity contribution in [2.75, 3.05) is 6.61 Å². The van der Waals surface area contributed by atoms with Gasteiger partial charge in [0, 0.05) is 12.8 Å². The van der Waals surface area contributed by atoms with Gasteiger partial charge in [-0.05, 0) is 40.9 Å². The fourth-order valence-corrected chi connectivity index (χ4v) is 3.84. The molecule has 0 amide bonds. The molecule has 0 radical (unpaired) electrons. The number of rotatable bonds is 3. The van der Waals surface area contributed by atoms with E-state index in [1.807, 2.05) is 12.1 Å². The summed E-state index contributed by atoms with van der Waals surface area (Å²) in [4.78, 5) is 11.1. The molecule has 108 valence electrons. The number of halogens is 1. The van der Waals surface area contributed by atoms with Crippen LogP contribution in [0.1, 0.15) is 48.9 Å². The van der Waals surface area contributed by atoms with Crippen molar-refractivity contribution in [1.82, 2.24) is 0 Å². The standard InChI is InChI=1S/C16H19BrO3/c17-14-5-3-4-12(11-18)15(14)20-13-6-9-19-16(10-13)7-1-2-8-16/h3-5,11,13H,1-2,6-10H2. The average Bonchev–Trinajstić information content (AvgIpc) is 2.89. The number of carbonyl (C=O) groups is 1. The van der Waals surface area contributed by atoms with E-state index in [1.54, 1.807) is 6.07 Å². The van der Waals surface area contributed by atoms with Gasteiger partial charge in [0.15, 0.2) is 6.29 Å². The van der Waals surface area contributed by atoms with Crippen molar-refractivity contribution in [2.45, 2.75) is 50.2 Å². The fraction of sp³-hybridized carbons (Fsp3) is 0.562. The van der Waals surface area contributed by atoms with Gasteiger partial charge < -0.3 is 9.47 Å². The summed E-state index contributed by atoms with van der Waals surface area (Å²) >= 11 is 3.47. The number of ether oxygens (including phenoxy) is 2. The van der Waals surface area contributed by atoms with Crippen LogP contribution in [-0.2, 0) is 4.74 Å². The van der Waals surface area contributed by atoms with Gasteiger partial charge in [-0.25, -0.2) is 0 Å². The summed E-state index contributed by atoms with van der Waals surface area (Å²) in [5.41, 5.74) is 0.636. The van der Waals surface area contributed by atoms with E-state index in [0.29, 0.717) is 11.3 Å². The van der Waals surface area contributed by atoms with Gasteiger partial charge in [0.2, 0.25) is 0 Å². The fourth-order valence-electron chi connectivity index (χ4n) is 3.36. The van der Waals surface area contributed by atoms with Crippen molar-refractivity contribution in [2.24, 2.45) is 0 Å². The minimum absolute atomic E-state index is 0.0332. The van der Waals surface area contributed by atoms with Crippen molar-refractivity contribution in [3.8, 4) is 5.75 Å². The SMILES string of the molecule is O=Cc1cccc(Br)c1OC1CCOC2(CCCC2)C1. The Balaban J connectivity index is 1.76. The van der Waals surface area contributed by atoms with E-state index >= 15 is 0 Å². The molecule has 3 rings (SSSR count). The Kier molecular flexibility index (Phi) is 4.13. The Morgan fingerprint density at radius 2 is 2.15 bits per heavy atom. The Bertz CT molecular complexity index is 494. The van der Waals surface area contributed by atoms with E-state index < -0.39 is 0 Å². The van der Waals surface area contributed by atoms with Crippen LogP contribution >= 0.6 is 15.9 Å². The molecule has 1 saturated carbocycles. The van der Waals surface area contributed by atoms with Gasteiger partial charge in [-0.2, -0.15) is 0 Å². The Morgan fingerprint density at radius 3 is 2.90 bits per heavy atom. The highest BCUT2D eigenvalue weighted by molar-refractivity contribution is 9.10. The number of para-hydroxylation sites is 1. The van der Waals surface area contributed by atoms with Crippen LogP contribution in [0.4, 0.5) is 0 Å². The molecule has 0 N–H and O–H groups in total. The number of aldehydes is 1. The normalized spacial score (nSPS) is 24.8. The lowest BCUT2D eigenvalue weighted by atomic mass is 9.90. The molecular formula is C16H19BrO3. The molecule has 2 fully saturated rings. The third-order valence-electron chi connectivity index (χ3n) is 4.37. The lowest BCUT2D eigenvalue weighted by Crippen LogP contribution is -2.41. The van der Waals surface area contributed by atoms with E-state index in [-0.39, 0.29) is 11.7 Å². The van der Waals surface area contributed by atoms with Crippen LogP contribution < -0.4 is 4.74 Å². The molecule has 1 atom stereocenters. The molecular weight excluding hydrogens is 320 g/mol. The third-order valence-corrected chi connectivity index (χ3v) is 5.00. The highest BCUT2D eigenvalue weighted by Crippen LogP contribution is 2.41. The van der Waals surface area contributed by atoms with Crippen LogP contribution in [-0.4, -0.2) is 24.6 Å². The summed E-state index contributed by atoms with van der Waals surface area (Å²) in [6, 6.07) is 5.55. The molecule has 1 aliphatic heterocycles. The summed E-state index contributed by atoms with van der Waals surface area (Å²) in [7, 11) is 0.